The van der Waals surface area contributed by atoms with Crippen LogP contribution in [0.15, 0.2) is 47.5 Å². The van der Waals surface area contributed by atoms with Crippen LogP contribution < -0.4 is 5.73 Å². The topological polar surface area (TPSA) is 119 Å². The van der Waals surface area contributed by atoms with Gasteiger partial charge >= 0.3 is 5.97 Å². The molecule has 0 saturated heterocycles. The summed E-state index contributed by atoms with van der Waals surface area (Å²) < 4.78 is 15.8. The summed E-state index contributed by atoms with van der Waals surface area (Å²) in [6.45, 7) is 0. The highest BCUT2D eigenvalue weighted by Crippen LogP contribution is 2.40. The van der Waals surface area contributed by atoms with Gasteiger partial charge in [0, 0.05) is 35.0 Å². The van der Waals surface area contributed by atoms with Crippen molar-refractivity contribution < 1.29 is 14.3 Å². The number of nitrogens with two attached hydrogens (primary N) is 1. The summed E-state index contributed by atoms with van der Waals surface area (Å²) in [6, 6.07) is 5.06. The fourth-order valence-electron chi connectivity index (χ4n) is 4.38. The number of carbonyl (C=O) groups is 1. The van der Waals surface area contributed by atoms with Crippen molar-refractivity contribution in [2.24, 2.45) is 5.92 Å². The lowest BCUT2D eigenvalue weighted by atomic mass is 9.80. The molecule has 1 fully saturated rings. The van der Waals surface area contributed by atoms with Crippen LogP contribution in [0.2, 0.25) is 0 Å². The molecule has 4 aromatic heterocycles. The van der Waals surface area contributed by atoms with Gasteiger partial charge in [-0.25, -0.2) is 9.37 Å². The fourth-order valence-corrected chi connectivity index (χ4v) is 4.96. The number of aromatic nitrogens is 5. The average Bonchev–Trinajstić information content (AvgIpc) is 3.26. The van der Waals surface area contributed by atoms with Crippen LogP contribution in [-0.4, -0.2) is 35.6 Å². The van der Waals surface area contributed by atoms with Gasteiger partial charge in [-0.3, -0.25) is 14.8 Å². The lowest BCUT2D eigenvalue weighted by Gasteiger charge is -2.26. The van der Waals surface area contributed by atoms with E-state index in [0.29, 0.717) is 40.0 Å². The molecule has 5 rings (SSSR count). The Bertz CT molecular complexity index is 1350. The van der Waals surface area contributed by atoms with Gasteiger partial charge in [-0.15, -0.1) is 0 Å². The summed E-state index contributed by atoms with van der Waals surface area (Å²) >= 11 is 3.57. The summed E-state index contributed by atoms with van der Waals surface area (Å²) in [6.07, 6.45) is 8.80. The molecule has 3 N–H and O–H groups in total. The zero-order chi connectivity index (χ0) is 23.1. The molecule has 0 atom stereocenters. The van der Waals surface area contributed by atoms with E-state index in [2.05, 4.69) is 31.0 Å². The quantitative estimate of drug-likeness (QED) is 0.408. The van der Waals surface area contributed by atoms with Crippen molar-refractivity contribution in [3.63, 3.8) is 0 Å². The Hall–Kier alpha value is -3.40. The lowest BCUT2D eigenvalue weighted by Crippen LogP contribution is -2.21. The molecule has 33 heavy (non-hydrogen) atoms. The number of fused-ring (bicyclic) bond motifs is 1. The first-order valence-electron chi connectivity index (χ1n) is 10.5. The van der Waals surface area contributed by atoms with Gasteiger partial charge in [0.15, 0.2) is 5.65 Å². The van der Waals surface area contributed by atoms with Gasteiger partial charge in [-0.2, -0.15) is 9.61 Å². The molecule has 0 aromatic carbocycles. The van der Waals surface area contributed by atoms with Gasteiger partial charge in [0.05, 0.1) is 34.2 Å². The van der Waals surface area contributed by atoms with E-state index < -0.39 is 11.8 Å². The number of aliphatic carboxylic acids is 1. The standard InChI is InChI=1S/C23H20BrFN6O2/c24-19-20(12-1-3-13(4-2-12)23(32)33)30-22-17(11-29-31(22)21(19)26)14-5-6-18(28-9-14)15-7-16(25)10-27-8-15/h5-13H,1-4,26H2,(H,32,33). The van der Waals surface area contributed by atoms with Crippen LogP contribution in [-0.2, 0) is 4.79 Å². The molecule has 10 heteroatoms. The molecule has 4 aromatic rings. The maximum atomic E-state index is 13.5. The Kier molecular flexibility index (Phi) is 5.53. The van der Waals surface area contributed by atoms with E-state index >= 15 is 0 Å². The average molecular weight is 511 g/mol. The predicted octanol–water partition coefficient (Wildman–Crippen LogP) is 4.70. The first kappa shape index (κ1) is 21.4. The van der Waals surface area contributed by atoms with E-state index in [-0.39, 0.29) is 11.8 Å². The number of anilines is 1. The number of pyridine rings is 2. The Morgan fingerprint density at radius 3 is 2.58 bits per heavy atom. The summed E-state index contributed by atoms with van der Waals surface area (Å²) in [5.74, 6) is -0.901. The second-order valence-electron chi connectivity index (χ2n) is 8.20. The van der Waals surface area contributed by atoms with Gasteiger partial charge in [-0.05, 0) is 53.7 Å². The number of halogens is 2. The number of rotatable bonds is 4. The van der Waals surface area contributed by atoms with E-state index in [4.69, 9.17) is 10.7 Å². The number of carboxylic acid groups (broad SMARTS) is 1. The fraction of sp³-hybridized carbons (Fsp3) is 0.261. The molecule has 1 aliphatic carbocycles. The molecule has 0 aliphatic heterocycles. The van der Waals surface area contributed by atoms with Crippen LogP contribution in [0, 0.1) is 11.7 Å². The Morgan fingerprint density at radius 2 is 1.91 bits per heavy atom. The molecular formula is C23H20BrFN6O2. The van der Waals surface area contributed by atoms with Crippen molar-refractivity contribution in [3.05, 3.63) is 59.0 Å². The third kappa shape index (κ3) is 3.95. The number of hydrogen-bond donors (Lipinski definition) is 2. The van der Waals surface area contributed by atoms with Crippen molar-refractivity contribution in [2.75, 3.05) is 5.73 Å². The molecule has 4 heterocycles. The van der Waals surface area contributed by atoms with Crippen LogP contribution in [0.3, 0.4) is 0 Å². The summed E-state index contributed by atoms with van der Waals surface area (Å²) in [5.41, 5.74) is 10.6. The van der Waals surface area contributed by atoms with E-state index in [1.165, 1.54) is 6.07 Å². The normalized spacial score (nSPS) is 18.5. The first-order valence-corrected chi connectivity index (χ1v) is 11.3. The summed E-state index contributed by atoms with van der Waals surface area (Å²) in [7, 11) is 0. The minimum absolute atomic E-state index is 0.117. The third-order valence-corrected chi connectivity index (χ3v) is 7.00. The van der Waals surface area contributed by atoms with E-state index in [9.17, 15) is 14.3 Å². The highest BCUT2D eigenvalue weighted by Gasteiger charge is 2.30. The van der Waals surface area contributed by atoms with Crippen molar-refractivity contribution in [3.8, 4) is 22.4 Å². The second-order valence-corrected chi connectivity index (χ2v) is 8.99. The van der Waals surface area contributed by atoms with Gasteiger partial charge in [0.2, 0.25) is 0 Å². The van der Waals surface area contributed by atoms with E-state index in [1.54, 1.807) is 29.2 Å². The Labute approximate surface area is 196 Å². The lowest BCUT2D eigenvalue weighted by molar-refractivity contribution is -0.142. The molecule has 168 valence electrons. The molecule has 1 saturated carbocycles. The van der Waals surface area contributed by atoms with Gasteiger partial charge < -0.3 is 10.8 Å². The predicted molar refractivity (Wildman–Crippen MR) is 124 cm³/mol. The Morgan fingerprint density at radius 1 is 1.12 bits per heavy atom. The minimum Gasteiger partial charge on any atom is -0.481 e. The SMILES string of the molecule is Nc1c(Br)c(C2CCC(C(=O)O)CC2)nc2c(-c3ccc(-c4cncc(F)c4)nc3)cnn12. The third-order valence-electron chi connectivity index (χ3n) is 6.19. The summed E-state index contributed by atoms with van der Waals surface area (Å²) in [5, 5.41) is 13.7. The van der Waals surface area contributed by atoms with Gasteiger partial charge in [-0.1, -0.05) is 6.07 Å². The number of nitrogen functional groups attached to an aromatic ring is 1. The second kappa shape index (κ2) is 8.51. The number of hydrogen-bond acceptors (Lipinski definition) is 6. The molecule has 0 unspecified atom stereocenters. The maximum absolute atomic E-state index is 13.5. The molecule has 0 bridgehead atoms. The zero-order valence-corrected chi connectivity index (χ0v) is 19.0. The van der Waals surface area contributed by atoms with Crippen molar-refractivity contribution >= 4 is 33.4 Å². The molecular weight excluding hydrogens is 491 g/mol. The van der Waals surface area contributed by atoms with Crippen molar-refractivity contribution in [1.29, 1.82) is 0 Å². The van der Waals surface area contributed by atoms with Gasteiger partial charge in [0.25, 0.3) is 0 Å². The molecule has 8 nitrogen and oxygen atoms in total. The van der Waals surface area contributed by atoms with Crippen LogP contribution in [0.4, 0.5) is 10.2 Å². The monoisotopic (exact) mass is 510 g/mol. The highest BCUT2D eigenvalue weighted by atomic mass is 79.9. The number of nitrogens with zero attached hydrogens (tertiary/aromatic N) is 5. The smallest absolute Gasteiger partial charge is 0.306 e. The van der Waals surface area contributed by atoms with Crippen LogP contribution in [0.1, 0.15) is 37.3 Å². The number of carboxylic acids is 1. The van der Waals surface area contributed by atoms with Crippen LogP contribution >= 0.6 is 15.9 Å². The highest BCUT2D eigenvalue weighted by molar-refractivity contribution is 9.10. The minimum atomic E-state index is -0.738. The van der Waals surface area contributed by atoms with E-state index in [0.717, 1.165) is 35.9 Å². The zero-order valence-electron chi connectivity index (χ0n) is 17.4. The van der Waals surface area contributed by atoms with Crippen LogP contribution in [0.5, 0.6) is 0 Å². The first-order chi connectivity index (χ1) is 15.9. The largest absolute Gasteiger partial charge is 0.481 e. The van der Waals surface area contributed by atoms with Gasteiger partial charge in [0.1, 0.15) is 11.6 Å². The molecule has 0 amide bonds. The van der Waals surface area contributed by atoms with Crippen LogP contribution in [0.25, 0.3) is 28.0 Å². The van der Waals surface area contributed by atoms with Crippen molar-refractivity contribution in [1.82, 2.24) is 24.6 Å². The molecule has 0 radical (unpaired) electrons. The Balaban J connectivity index is 1.50. The van der Waals surface area contributed by atoms with E-state index in [1.807, 2.05) is 6.07 Å². The molecule has 0 spiro atoms. The summed E-state index contributed by atoms with van der Waals surface area (Å²) in [4.78, 5) is 24.5. The molecule has 1 aliphatic rings. The van der Waals surface area contributed by atoms with Crippen molar-refractivity contribution in [2.45, 2.75) is 31.6 Å². The maximum Gasteiger partial charge on any atom is 0.306 e.